The molecule has 0 saturated heterocycles. The van der Waals surface area contributed by atoms with Crippen LogP contribution in [0.1, 0.15) is 38.7 Å². The smallest absolute Gasteiger partial charge is 0.261 e. The molecule has 8 heteroatoms. The maximum atomic E-state index is 13.2. The van der Waals surface area contributed by atoms with Gasteiger partial charge in [0.25, 0.3) is 5.91 Å². The summed E-state index contributed by atoms with van der Waals surface area (Å²) < 4.78 is 10.8. The second-order valence-electron chi connectivity index (χ2n) is 7.25. The highest BCUT2D eigenvalue weighted by atomic mass is 35.5. The van der Waals surface area contributed by atoms with E-state index in [9.17, 15) is 9.59 Å². The number of hydrogen-bond donors (Lipinski definition) is 1. The number of rotatable bonds is 12. The maximum Gasteiger partial charge on any atom is 0.261 e. The fraction of sp³-hybridized carbons (Fsp3) is 0.417. The summed E-state index contributed by atoms with van der Waals surface area (Å²) in [6.07, 6.45) is 2.27. The first-order valence-electron chi connectivity index (χ1n) is 10.7. The number of ether oxygens (including phenoxy) is 2. The molecule has 2 amide bonds. The van der Waals surface area contributed by atoms with Crippen molar-refractivity contribution in [3.05, 3.63) is 58.1 Å². The van der Waals surface area contributed by atoms with Crippen LogP contribution in [0.15, 0.2) is 42.5 Å². The Morgan fingerprint density at radius 1 is 1.03 bits per heavy atom. The first-order chi connectivity index (χ1) is 15.4. The Hall–Kier alpha value is -2.44. The number of nitrogens with zero attached hydrogens (tertiary/aromatic N) is 1. The second kappa shape index (κ2) is 13.2. The fourth-order valence-corrected chi connectivity index (χ4v) is 3.70. The van der Waals surface area contributed by atoms with Crippen molar-refractivity contribution in [2.75, 3.05) is 20.3 Å². The SMILES string of the molecule is CCCCNC(=O)[C@@H](CC)N(Cc1c(Cl)cccc1Cl)C(=O)COc1ccc(OC)cc1. The van der Waals surface area contributed by atoms with Crippen LogP contribution < -0.4 is 14.8 Å². The van der Waals surface area contributed by atoms with Gasteiger partial charge in [-0.1, -0.05) is 49.5 Å². The van der Waals surface area contributed by atoms with Crippen LogP contribution in [0.2, 0.25) is 10.0 Å². The lowest BCUT2D eigenvalue weighted by molar-refractivity contribution is -0.143. The molecule has 1 atom stereocenters. The molecular weight excluding hydrogens is 451 g/mol. The molecule has 0 radical (unpaired) electrons. The molecule has 0 aromatic heterocycles. The van der Waals surface area contributed by atoms with Crippen molar-refractivity contribution in [3.63, 3.8) is 0 Å². The molecule has 2 aromatic rings. The zero-order valence-electron chi connectivity index (χ0n) is 18.7. The monoisotopic (exact) mass is 480 g/mol. The van der Waals surface area contributed by atoms with Crippen LogP contribution in [0.4, 0.5) is 0 Å². The molecular formula is C24H30Cl2N2O4. The number of nitrogens with one attached hydrogen (secondary N) is 1. The number of methoxy groups -OCH3 is 1. The van der Waals surface area contributed by atoms with E-state index in [0.717, 1.165) is 12.8 Å². The van der Waals surface area contributed by atoms with E-state index in [4.69, 9.17) is 32.7 Å². The summed E-state index contributed by atoms with van der Waals surface area (Å²) in [5.41, 5.74) is 0.591. The minimum Gasteiger partial charge on any atom is -0.497 e. The molecule has 0 unspecified atom stereocenters. The average Bonchev–Trinajstić information content (AvgIpc) is 2.79. The minimum atomic E-state index is -0.675. The van der Waals surface area contributed by atoms with Gasteiger partial charge >= 0.3 is 0 Å². The lowest BCUT2D eigenvalue weighted by atomic mass is 10.1. The Labute approximate surface area is 199 Å². The van der Waals surface area contributed by atoms with Gasteiger partial charge in [-0.3, -0.25) is 9.59 Å². The first kappa shape index (κ1) is 25.8. The van der Waals surface area contributed by atoms with Gasteiger partial charge in [0.2, 0.25) is 5.91 Å². The van der Waals surface area contributed by atoms with Gasteiger partial charge < -0.3 is 19.7 Å². The van der Waals surface area contributed by atoms with Gasteiger partial charge in [0.1, 0.15) is 17.5 Å². The van der Waals surface area contributed by atoms with Crippen molar-refractivity contribution in [1.82, 2.24) is 10.2 Å². The maximum absolute atomic E-state index is 13.2. The molecule has 0 spiro atoms. The van der Waals surface area contributed by atoms with Gasteiger partial charge in [-0.05, 0) is 49.2 Å². The molecule has 0 bridgehead atoms. The first-order valence-corrected chi connectivity index (χ1v) is 11.4. The summed E-state index contributed by atoms with van der Waals surface area (Å²) in [6.45, 7) is 4.34. The Morgan fingerprint density at radius 3 is 2.22 bits per heavy atom. The second-order valence-corrected chi connectivity index (χ2v) is 8.07. The molecule has 0 aliphatic carbocycles. The van der Waals surface area contributed by atoms with Gasteiger partial charge in [-0.15, -0.1) is 0 Å². The summed E-state index contributed by atoms with van der Waals surface area (Å²) in [5.74, 6) is 0.667. The molecule has 1 N–H and O–H groups in total. The summed E-state index contributed by atoms with van der Waals surface area (Å²) in [4.78, 5) is 27.6. The van der Waals surface area contributed by atoms with Crippen LogP contribution in [0, 0.1) is 0 Å². The molecule has 6 nitrogen and oxygen atoms in total. The quantitative estimate of drug-likeness (QED) is 0.428. The van der Waals surface area contributed by atoms with Crippen molar-refractivity contribution < 1.29 is 19.1 Å². The summed E-state index contributed by atoms with van der Waals surface area (Å²) in [5, 5.41) is 3.79. The molecule has 174 valence electrons. The number of carbonyl (C=O) groups is 2. The molecule has 32 heavy (non-hydrogen) atoms. The molecule has 2 rings (SSSR count). The van der Waals surface area contributed by atoms with Gasteiger partial charge in [-0.25, -0.2) is 0 Å². The van der Waals surface area contributed by atoms with Crippen LogP contribution in [-0.4, -0.2) is 43.0 Å². The van der Waals surface area contributed by atoms with E-state index in [2.05, 4.69) is 12.2 Å². The van der Waals surface area contributed by atoms with Crippen molar-refractivity contribution in [2.24, 2.45) is 0 Å². The zero-order valence-corrected chi connectivity index (χ0v) is 20.2. The predicted octanol–water partition coefficient (Wildman–Crippen LogP) is 5.10. The van der Waals surface area contributed by atoms with Gasteiger partial charge in [0.15, 0.2) is 6.61 Å². The highest BCUT2D eigenvalue weighted by molar-refractivity contribution is 6.36. The van der Waals surface area contributed by atoms with E-state index >= 15 is 0 Å². The highest BCUT2D eigenvalue weighted by Crippen LogP contribution is 2.27. The van der Waals surface area contributed by atoms with Gasteiger partial charge in [-0.2, -0.15) is 0 Å². The molecule has 0 fully saturated rings. The highest BCUT2D eigenvalue weighted by Gasteiger charge is 2.29. The summed E-state index contributed by atoms with van der Waals surface area (Å²) >= 11 is 12.7. The largest absolute Gasteiger partial charge is 0.497 e. The molecule has 0 aliphatic rings. The van der Waals surface area contributed by atoms with Crippen molar-refractivity contribution in [1.29, 1.82) is 0 Å². The van der Waals surface area contributed by atoms with Gasteiger partial charge in [0.05, 0.1) is 7.11 Å². The van der Waals surface area contributed by atoms with Crippen molar-refractivity contribution >= 4 is 35.0 Å². The Bertz CT molecular complexity index is 870. The van der Waals surface area contributed by atoms with Crippen molar-refractivity contribution in [2.45, 2.75) is 45.7 Å². The third-order valence-electron chi connectivity index (χ3n) is 5.03. The van der Waals surface area contributed by atoms with Crippen LogP contribution >= 0.6 is 23.2 Å². The number of carbonyl (C=O) groups excluding carboxylic acids is 2. The molecule has 0 heterocycles. The lowest BCUT2D eigenvalue weighted by Crippen LogP contribution is -2.50. The predicted molar refractivity (Wildman–Crippen MR) is 127 cm³/mol. The summed E-state index contributed by atoms with van der Waals surface area (Å²) in [7, 11) is 1.58. The van der Waals surface area contributed by atoms with Crippen LogP contribution in [-0.2, 0) is 16.1 Å². The number of amides is 2. The molecule has 2 aromatic carbocycles. The lowest BCUT2D eigenvalue weighted by Gasteiger charge is -2.31. The summed E-state index contributed by atoms with van der Waals surface area (Å²) in [6, 6.07) is 11.4. The third kappa shape index (κ3) is 7.31. The number of benzene rings is 2. The van der Waals surface area contributed by atoms with E-state index in [1.807, 2.05) is 6.92 Å². The topological polar surface area (TPSA) is 67.9 Å². The van der Waals surface area contributed by atoms with Crippen LogP contribution in [0.5, 0.6) is 11.5 Å². The van der Waals surface area contributed by atoms with Gasteiger partial charge in [0, 0.05) is 28.7 Å². The van der Waals surface area contributed by atoms with E-state index in [1.165, 1.54) is 4.90 Å². The van der Waals surface area contributed by atoms with E-state index in [-0.39, 0.29) is 25.0 Å². The van der Waals surface area contributed by atoms with Crippen LogP contribution in [0.3, 0.4) is 0 Å². The Balaban J connectivity index is 2.22. The Morgan fingerprint density at radius 2 is 1.66 bits per heavy atom. The number of hydrogen-bond acceptors (Lipinski definition) is 4. The molecule has 0 aliphatic heterocycles. The normalized spacial score (nSPS) is 11.5. The number of halogens is 2. The third-order valence-corrected chi connectivity index (χ3v) is 5.74. The standard InChI is InChI=1S/C24H30Cl2N2O4/c1-4-6-14-27-24(30)22(5-2)28(15-19-20(25)8-7-9-21(19)26)23(29)16-32-18-12-10-17(31-3)11-13-18/h7-13,22H,4-6,14-16H2,1-3H3,(H,27,30)/t22-/m1/s1. The zero-order chi connectivity index (χ0) is 23.5. The Kier molecular flexibility index (Phi) is 10.6. The number of unbranched alkanes of at least 4 members (excludes halogenated alkanes) is 1. The molecule has 0 saturated carbocycles. The van der Waals surface area contributed by atoms with E-state index in [1.54, 1.807) is 49.6 Å². The average molecular weight is 481 g/mol. The minimum absolute atomic E-state index is 0.100. The fourth-order valence-electron chi connectivity index (χ4n) is 3.18. The van der Waals surface area contributed by atoms with Crippen LogP contribution in [0.25, 0.3) is 0 Å². The van der Waals surface area contributed by atoms with Crippen molar-refractivity contribution in [3.8, 4) is 11.5 Å². The van der Waals surface area contributed by atoms with E-state index in [0.29, 0.717) is 40.1 Å². The van der Waals surface area contributed by atoms with E-state index < -0.39 is 6.04 Å².